The number of aliphatic hydroxyl groups is 4. The molecule has 0 spiro atoms. The summed E-state index contributed by atoms with van der Waals surface area (Å²) in [6.07, 6.45) is -7.56. The van der Waals surface area contributed by atoms with Crippen molar-refractivity contribution >= 4 is 55.4 Å². The number of amides is 2. The first-order valence-electron chi connectivity index (χ1n) is 11.7. The van der Waals surface area contributed by atoms with Gasteiger partial charge in [0.2, 0.25) is 0 Å². The first kappa shape index (κ1) is 22.3. The van der Waals surface area contributed by atoms with Crippen LogP contribution in [0.1, 0.15) is 26.9 Å². The van der Waals surface area contributed by atoms with Crippen molar-refractivity contribution in [2.45, 2.75) is 30.6 Å². The van der Waals surface area contributed by atoms with Crippen LogP contribution in [0.25, 0.3) is 43.6 Å². The van der Waals surface area contributed by atoms with Crippen LogP contribution in [0, 0.1) is 5.82 Å². The van der Waals surface area contributed by atoms with Crippen LogP contribution < -0.4 is 5.32 Å². The number of nitrogens with zero attached hydrogens (tertiary/aromatic N) is 1. The second-order valence-corrected chi connectivity index (χ2v) is 9.43. The predicted molar refractivity (Wildman–Crippen MR) is 130 cm³/mol. The van der Waals surface area contributed by atoms with Crippen LogP contribution in [0.4, 0.5) is 4.39 Å². The molecule has 37 heavy (non-hydrogen) atoms. The number of carbonyl (C=O) groups excluding carboxylic acids is 2. The van der Waals surface area contributed by atoms with E-state index in [0.29, 0.717) is 38.1 Å². The average molecular weight is 505 g/mol. The van der Waals surface area contributed by atoms with Crippen LogP contribution in [-0.4, -0.2) is 72.8 Å². The molecule has 1 saturated heterocycles. The van der Waals surface area contributed by atoms with E-state index in [1.54, 1.807) is 12.1 Å². The number of aliphatic hydroxyl groups excluding tert-OH is 4. The molecule has 5 atom stereocenters. The summed E-state index contributed by atoms with van der Waals surface area (Å²) in [5.41, 5.74) is 1.96. The van der Waals surface area contributed by atoms with Crippen LogP contribution in [0.3, 0.4) is 0 Å². The molecule has 0 saturated carbocycles. The standard InChI is InChI=1S/C26H20FN3O7/c27-9-5-6-11-13(7-9)30(26-23(34)22(33)21(32)14(8-31)37-26)20-16(11)18-17(24(35)29-25(18)36)15-10-3-1-2-4-12(10)28-19(15)20/h1-7,14,21-23,26,28,31-34H,8H2,(H,29,35,36). The van der Waals surface area contributed by atoms with Gasteiger partial charge in [-0.2, -0.15) is 0 Å². The molecule has 2 aromatic heterocycles. The van der Waals surface area contributed by atoms with Gasteiger partial charge in [-0.15, -0.1) is 0 Å². The first-order chi connectivity index (χ1) is 17.8. The highest BCUT2D eigenvalue weighted by Crippen LogP contribution is 2.46. The summed E-state index contributed by atoms with van der Waals surface area (Å²) in [5.74, 6) is -1.78. The number of H-pyrrole nitrogens is 1. The van der Waals surface area contributed by atoms with E-state index in [-0.39, 0.29) is 16.6 Å². The molecule has 0 aliphatic carbocycles. The number of nitrogens with one attached hydrogen (secondary N) is 2. The Morgan fingerprint density at radius 1 is 0.919 bits per heavy atom. The molecule has 5 unspecified atom stereocenters. The summed E-state index contributed by atoms with van der Waals surface area (Å²) in [5, 5.41) is 45.9. The van der Waals surface area contributed by atoms with Gasteiger partial charge in [0, 0.05) is 27.1 Å². The summed E-state index contributed by atoms with van der Waals surface area (Å²) >= 11 is 0. The molecule has 1 fully saturated rings. The lowest BCUT2D eigenvalue weighted by Crippen LogP contribution is -2.56. The fraction of sp³-hybridized carbons (Fsp3) is 0.231. The van der Waals surface area contributed by atoms with Crippen molar-refractivity contribution in [1.29, 1.82) is 0 Å². The number of para-hydroxylation sites is 1. The lowest BCUT2D eigenvalue weighted by Gasteiger charge is -2.41. The quantitative estimate of drug-likeness (QED) is 0.198. The highest BCUT2D eigenvalue weighted by Gasteiger charge is 2.46. The number of hydrogen-bond acceptors (Lipinski definition) is 7. The van der Waals surface area contributed by atoms with Gasteiger partial charge in [-0.3, -0.25) is 14.9 Å². The van der Waals surface area contributed by atoms with Crippen LogP contribution in [0.5, 0.6) is 0 Å². The van der Waals surface area contributed by atoms with E-state index < -0.39 is 54.9 Å². The molecule has 2 aliphatic rings. The van der Waals surface area contributed by atoms with E-state index in [1.807, 2.05) is 12.1 Å². The minimum atomic E-state index is -1.69. The third-order valence-electron chi connectivity index (χ3n) is 7.46. The van der Waals surface area contributed by atoms with Gasteiger partial charge in [0.15, 0.2) is 6.23 Å². The maximum atomic E-state index is 14.6. The van der Waals surface area contributed by atoms with Crippen LogP contribution in [-0.2, 0) is 4.74 Å². The van der Waals surface area contributed by atoms with Crippen molar-refractivity contribution in [3.8, 4) is 0 Å². The molecule has 5 aromatic rings. The SMILES string of the molecule is O=C1NC(=O)c2c1c1c3ccccc3[nH]c1c1c2c2ccc(F)cc2n1C1OC(CO)C(O)C(O)C1O. The highest BCUT2D eigenvalue weighted by atomic mass is 19.1. The molecule has 2 aliphatic heterocycles. The Hall–Kier alpha value is -3.87. The second kappa shape index (κ2) is 7.57. The Morgan fingerprint density at radius 3 is 2.41 bits per heavy atom. The van der Waals surface area contributed by atoms with Gasteiger partial charge >= 0.3 is 0 Å². The fourth-order valence-electron chi connectivity index (χ4n) is 5.85. The van der Waals surface area contributed by atoms with Gasteiger partial charge in [-0.25, -0.2) is 4.39 Å². The predicted octanol–water partition coefficient (Wildman–Crippen LogP) is 1.42. The molecule has 11 heteroatoms. The molecule has 6 N–H and O–H groups in total. The van der Waals surface area contributed by atoms with E-state index in [9.17, 15) is 34.4 Å². The summed E-state index contributed by atoms with van der Waals surface area (Å²) < 4.78 is 21.9. The molecular formula is C26H20FN3O7. The zero-order chi connectivity index (χ0) is 25.7. The molecule has 188 valence electrons. The zero-order valence-electron chi connectivity index (χ0n) is 19.0. The highest BCUT2D eigenvalue weighted by molar-refractivity contribution is 6.39. The summed E-state index contributed by atoms with van der Waals surface area (Å²) in [6, 6.07) is 11.1. The molecular weight excluding hydrogens is 485 g/mol. The van der Waals surface area contributed by atoms with Crippen LogP contribution in [0.2, 0.25) is 0 Å². The Morgan fingerprint density at radius 2 is 1.65 bits per heavy atom. The number of benzene rings is 3. The Balaban J connectivity index is 1.71. The van der Waals surface area contributed by atoms with E-state index in [4.69, 9.17) is 4.74 Å². The molecule has 0 bridgehead atoms. The zero-order valence-corrected chi connectivity index (χ0v) is 19.0. The van der Waals surface area contributed by atoms with Crippen molar-refractivity contribution in [3.05, 3.63) is 59.4 Å². The van der Waals surface area contributed by atoms with Crippen molar-refractivity contribution < 1.29 is 39.1 Å². The Labute approximate surface area is 206 Å². The maximum Gasteiger partial charge on any atom is 0.259 e. The van der Waals surface area contributed by atoms with Crippen LogP contribution >= 0.6 is 0 Å². The van der Waals surface area contributed by atoms with E-state index in [0.717, 1.165) is 0 Å². The number of aromatic nitrogens is 2. The van der Waals surface area contributed by atoms with Crippen molar-refractivity contribution in [2.75, 3.05) is 6.61 Å². The summed E-state index contributed by atoms with van der Waals surface area (Å²) in [7, 11) is 0. The minimum absolute atomic E-state index is 0.109. The van der Waals surface area contributed by atoms with Gasteiger partial charge in [0.05, 0.1) is 34.3 Å². The lowest BCUT2D eigenvalue weighted by molar-refractivity contribution is -0.249. The number of halogens is 1. The maximum absolute atomic E-state index is 14.6. The fourth-order valence-corrected chi connectivity index (χ4v) is 5.85. The average Bonchev–Trinajstić information content (AvgIpc) is 3.51. The van der Waals surface area contributed by atoms with Crippen molar-refractivity contribution in [2.24, 2.45) is 0 Å². The summed E-state index contributed by atoms with van der Waals surface area (Å²) in [4.78, 5) is 29.5. The molecule has 10 nitrogen and oxygen atoms in total. The number of rotatable bonds is 2. The largest absolute Gasteiger partial charge is 0.394 e. The number of aromatic amines is 1. The minimum Gasteiger partial charge on any atom is -0.394 e. The first-order valence-corrected chi connectivity index (χ1v) is 11.7. The molecule has 4 heterocycles. The number of imide groups is 1. The topological polar surface area (TPSA) is 157 Å². The molecule has 0 radical (unpaired) electrons. The number of carbonyl (C=O) groups is 2. The number of ether oxygens (including phenoxy) is 1. The second-order valence-electron chi connectivity index (χ2n) is 9.43. The van der Waals surface area contributed by atoms with Gasteiger partial charge in [-0.05, 0) is 24.3 Å². The van der Waals surface area contributed by atoms with E-state index in [2.05, 4.69) is 10.3 Å². The van der Waals surface area contributed by atoms with Crippen molar-refractivity contribution in [1.82, 2.24) is 14.9 Å². The Bertz CT molecular complexity index is 1810. The normalized spacial score (nSPS) is 26.0. The van der Waals surface area contributed by atoms with Crippen LogP contribution in [0.15, 0.2) is 42.5 Å². The third-order valence-corrected chi connectivity index (χ3v) is 7.46. The smallest absolute Gasteiger partial charge is 0.259 e. The van der Waals surface area contributed by atoms with Gasteiger partial charge < -0.3 is 34.7 Å². The van der Waals surface area contributed by atoms with E-state index in [1.165, 1.54) is 22.8 Å². The molecule has 3 aromatic carbocycles. The van der Waals surface area contributed by atoms with Crippen molar-refractivity contribution in [3.63, 3.8) is 0 Å². The van der Waals surface area contributed by atoms with Gasteiger partial charge in [0.25, 0.3) is 11.8 Å². The van der Waals surface area contributed by atoms with Gasteiger partial charge in [0.1, 0.15) is 30.2 Å². The molecule has 7 rings (SSSR count). The number of hydrogen-bond donors (Lipinski definition) is 6. The number of fused-ring (bicyclic) bond motifs is 10. The lowest BCUT2D eigenvalue weighted by atomic mass is 9.96. The van der Waals surface area contributed by atoms with E-state index >= 15 is 0 Å². The van der Waals surface area contributed by atoms with Gasteiger partial charge in [-0.1, -0.05) is 18.2 Å². The third kappa shape index (κ3) is 2.80. The monoisotopic (exact) mass is 505 g/mol. The summed E-state index contributed by atoms with van der Waals surface area (Å²) in [6.45, 7) is -0.652. The Kier molecular flexibility index (Phi) is 4.57. The molecule has 2 amide bonds.